The lowest BCUT2D eigenvalue weighted by atomic mass is 9.95. The molecule has 1 atom stereocenters. The quantitative estimate of drug-likeness (QED) is 0.444. The number of rotatable bonds is 6. The lowest BCUT2D eigenvalue weighted by Crippen LogP contribution is -2.40. The van der Waals surface area contributed by atoms with Crippen LogP contribution in [0.25, 0.3) is 6.08 Å². The number of ether oxygens (including phenoxy) is 3. The van der Waals surface area contributed by atoms with E-state index < -0.39 is 12.0 Å². The van der Waals surface area contributed by atoms with Crippen molar-refractivity contribution in [2.75, 3.05) is 20.8 Å². The van der Waals surface area contributed by atoms with Gasteiger partial charge in [-0.25, -0.2) is 9.79 Å². The molecule has 0 amide bonds. The van der Waals surface area contributed by atoms with E-state index in [1.54, 1.807) is 57.6 Å². The highest BCUT2D eigenvalue weighted by atomic mass is 79.9. The van der Waals surface area contributed by atoms with Crippen LogP contribution in [0.1, 0.15) is 31.0 Å². The smallest absolute Gasteiger partial charge is 0.338 e. The van der Waals surface area contributed by atoms with Crippen molar-refractivity contribution in [3.63, 3.8) is 0 Å². The van der Waals surface area contributed by atoms with Crippen LogP contribution in [0.5, 0.6) is 11.5 Å². The number of esters is 1. The van der Waals surface area contributed by atoms with Crippen molar-refractivity contribution in [3.8, 4) is 11.5 Å². The van der Waals surface area contributed by atoms with E-state index >= 15 is 0 Å². The predicted molar refractivity (Wildman–Crippen MR) is 132 cm³/mol. The van der Waals surface area contributed by atoms with Crippen molar-refractivity contribution in [2.24, 2.45) is 4.99 Å². The number of hydrogen-bond donors (Lipinski definition) is 0. The second-order valence-corrected chi connectivity index (χ2v) is 9.18. The fourth-order valence-electron chi connectivity index (χ4n) is 3.78. The van der Waals surface area contributed by atoms with Gasteiger partial charge in [0.2, 0.25) is 0 Å². The largest absolute Gasteiger partial charge is 0.493 e. The molecule has 0 N–H and O–H groups in total. The molecule has 0 bridgehead atoms. The molecular formula is C24H22BrN3O5S. The molecular weight excluding hydrogens is 522 g/mol. The van der Waals surface area contributed by atoms with E-state index in [1.165, 1.54) is 23.0 Å². The van der Waals surface area contributed by atoms with Crippen LogP contribution in [0.4, 0.5) is 0 Å². The summed E-state index contributed by atoms with van der Waals surface area (Å²) in [6.45, 7) is 3.67. The highest BCUT2D eigenvalue weighted by molar-refractivity contribution is 9.10. The Morgan fingerprint density at radius 2 is 2.00 bits per heavy atom. The Bertz CT molecular complexity index is 1460. The van der Waals surface area contributed by atoms with E-state index in [4.69, 9.17) is 14.2 Å². The van der Waals surface area contributed by atoms with E-state index in [9.17, 15) is 9.59 Å². The van der Waals surface area contributed by atoms with Gasteiger partial charge in [-0.3, -0.25) is 14.3 Å². The summed E-state index contributed by atoms with van der Waals surface area (Å²) < 4.78 is 18.9. The van der Waals surface area contributed by atoms with Crippen LogP contribution in [0.3, 0.4) is 0 Å². The molecule has 2 aromatic heterocycles. The van der Waals surface area contributed by atoms with Crippen molar-refractivity contribution >= 4 is 39.3 Å². The number of halogens is 1. The number of carbonyl (C=O) groups excluding carboxylic acids is 1. The number of benzene rings is 1. The lowest BCUT2D eigenvalue weighted by molar-refractivity contribution is -0.139. The molecule has 0 aliphatic carbocycles. The molecule has 0 fully saturated rings. The minimum absolute atomic E-state index is 0.195. The Kier molecular flexibility index (Phi) is 6.99. The Hall–Kier alpha value is -3.24. The molecule has 176 valence electrons. The van der Waals surface area contributed by atoms with Crippen LogP contribution in [0.15, 0.2) is 62.2 Å². The molecule has 1 aromatic carbocycles. The average Bonchev–Trinajstić information content (AvgIpc) is 3.13. The number of methoxy groups -OCH3 is 2. The number of pyridine rings is 1. The first kappa shape index (κ1) is 23.9. The SMILES string of the molecule is CCOC(=O)C1=C(C)N=c2s/c(=C\c3cccnc3)c(=O)n2C1c1cc(OC)c(OC)cc1Br. The fourth-order valence-corrected chi connectivity index (χ4v) is 5.36. The Morgan fingerprint density at radius 3 is 2.65 bits per heavy atom. The van der Waals surface area contributed by atoms with Gasteiger partial charge >= 0.3 is 5.97 Å². The summed E-state index contributed by atoms with van der Waals surface area (Å²) in [5, 5.41) is 0. The third-order valence-corrected chi connectivity index (χ3v) is 6.97. The molecule has 3 aromatic rings. The Morgan fingerprint density at radius 1 is 1.26 bits per heavy atom. The second-order valence-electron chi connectivity index (χ2n) is 7.32. The monoisotopic (exact) mass is 543 g/mol. The standard InChI is InChI=1S/C24H22BrN3O5S/c1-5-33-23(30)20-13(2)27-24-28(22(29)19(34-24)9-14-7-6-8-26-12-14)21(20)15-10-17(31-3)18(32-4)11-16(15)25/h6-12,21H,5H2,1-4H3/b19-9-. The molecule has 10 heteroatoms. The van der Waals surface area contributed by atoms with Crippen molar-refractivity contribution in [2.45, 2.75) is 19.9 Å². The molecule has 1 aliphatic rings. The van der Waals surface area contributed by atoms with Crippen LogP contribution in [-0.2, 0) is 9.53 Å². The zero-order valence-corrected chi connectivity index (χ0v) is 21.4. The van der Waals surface area contributed by atoms with E-state index in [-0.39, 0.29) is 17.7 Å². The number of thiazole rings is 1. The molecule has 0 saturated heterocycles. The van der Waals surface area contributed by atoms with E-state index in [0.717, 1.165) is 5.56 Å². The van der Waals surface area contributed by atoms with E-state index in [0.29, 0.717) is 36.6 Å². The van der Waals surface area contributed by atoms with Gasteiger partial charge in [-0.15, -0.1) is 0 Å². The molecule has 4 rings (SSSR count). The first-order valence-electron chi connectivity index (χ1n) is 10.4. The zero-order valence-electron chi connectivity index (χ0n) is 19.0. The van der Waals surface area contributed by atoms with Gasteiger partial charge in [-0.05, 0) is 49.2 Å². The first-order valence-corrected chi connectivity index (χ1v) is 12.0. The minimum atomic E-state index is -0.777. The maximum absolute atomic E-state index is 13.6. The number of nitrogens with zero attached hydrogens (tertiary/aromatic N) is 3. The predicted octanol–water partition coefficient (Wildman–Crippen LogP) is 2.97. The van der Waals surface area contributed by atoms with Crippen molar-refractivity contribution in [1.29, 1.82) is 0 Å². The third-order valence-electron chi connectivity index (χ3n) is 5.30. The van der Waals surface area contributed by atoms with Gasteiger partial charge in [0.15, 0.2) is 16.3 Å². The zero-order chi connectivity index (χ0) is 24.4. The summed E-state index contributed by atoms with van der Waals surface area (Å²) >= 11 is 4.84. The van der Waals surface area contributed by atoms with E-state index in [1.807, 2.05) is 6.07 Å². The molecule has 3 heterocycles. The van der Waals surface area contributed by atoms with Gasteiger partial charge in [-0.1, -0.05) is 33.3 Å². The van der Waals surface area contributed by atoms with Gasteiger partial charge < -0.3 is 14.2 Å². The first-order chi connectivity index (χ1) is 16.4. The maximum Gasteiger partial charge on any atom is 0.338 e. The number of fused-ring (bicyclic) bond motifs is 1. The minimum Gasteiger partial charge on any atom is -0.493 e. The van der Waals surface area contributed by atoms with Crippen LogP contribution >= 0.6 is 27.3 Å². The molecule has 34 heavy (non-hydrogen) atoms. The van der Waals surface area contributed by atoms with Crippen molar-refractivity contribution in [3.05, 3.63) is 83.2 Å². The summed E-state index contributed by atoms with van der Waals surface area (Å²) in [6, 6.07) is 6.39. The average molecular weight is 544 g/mol. The van der Waals surface area contributed by atoms with Gasteiger partial charge in [-0.2, -0.15) is 0 Å². The molecule has 1 aliphatic heterocycles. The number of aromatic nitrogens is 2. The van der Waals surface area contributed by atoms with E-state index in [2.05, 4.69) is 25.9 Å². The van der Waals surface area contributed by atoms with Crippen molar-refractivity contribution < 1.29 is 19.0 Å². The van der Waals surface area contributed by atoms with Crippen LogP contribution in [-0.4, -0.2) is 36.3 Å². The molecule has 8 nitrogen and oxygen atoms in total. The number of hydrogen-bond acceptors (Lipinski definition) is 8. The van der Waals surface area contributed by atoms with Crippen LogP contribution < -0.4 is 24.4 Å². The Balaban J connectivity index is 2.02. The van der Waals surface area contributed by atoms with Crippen molar-refractivity contribution in [1.82, 2.24) is 9.55 Å². The highest BCUT2D eigenvalue weighted by Gasteiger charge is 2.35. The topological polar surface area (TPSA) is 92.0 Å². The second kappa shape index (κ2) is 9.94. The molecule has 0 radical (unpaired) electrons. The number of allylic oxidation sites excluding steroid dienone is 1. The van der Waals surface area contributed by atoms with Gasteiger partial charge in [0.1, 0.15) is 0 Å². The summed E-state index contributed by atoms with van der Waals surface area (Å²) in [4.78, 5) is 35.9. The fraction of sp³-hybridized carbons (Fsp3) is 0.250. The normalized spacial score (nSPS) is 15.6. The van der Waals surface area contributed by atoms with Gasteiger partial charge in [0.05, 0.1) is 42.7 Å². The lowest BCUT2D eigenvalue weighted by Gasteiger charge is -2.26. The number of carbonyl (C=O) groups is 1. The Labute approximate surface area is 208 Å². The summed E-state index contributed by atoms with van der Waals surface area (Å²) in [5.74, 6) is 0.452. The maximum atomic E-state index is 13.6. The molecule has 0 spiro atoms. The molecule has 1 unspecified atom stereocenters. The summed E-state index contributed by atoms with van der Waals surface area (Å²) in [6.07, 6.45) is 5.11. The molecule has 0 saturated carbocycles. The highest BCUT2D eigenvalue weighted by Crippen LogP contribution is 2.40. The van der Waals surface area contributed by atoms with Crippen LogP contribution in [0.2, 0.25) is 0 Å². The van der Waals surface area contributed by atoms with Crippen LogP contribution in [0, 0.1) is 0 Å². The van der Waals surface area contributed by atoms with Gasteiger partial charge in [0, 0.05) is 16.9 Å². The summed E-state index contributed by atoms with van der Waals surface area (Å²) in [7, 11) is 3.07. The summed E-state index contributed by atoms with van der Waals surface area (Å²) in [5.41, 5.74) is 1.94. The van der Waals surface area contributed by atoms with Gasteiger partial charge in [0.25, 0.3) is 5.56 Å². The third kappa shape index (κ3) is 4.30.